The van der Waals surface area contributed by atoms with Crippen molar-refractivity contribution in [2.45, 2.75) is 17.0 Å². The molecule has 1 aliphatic heterocycles. The quantitative estimate of drug-likeness (QED) is 0.384. The molecule has 4 aromatic rings. The molecule has 2 aromatic carbocycles. The van der Waals surface area contributed by atoms with Gasteiger partial charge in [-0.15, -0.1) is 21.5 Å². The molecule has 2 aromatic heterocycles. The zero-order valence-corrected chi connectivity index (χ0v) is 16.9. The van der Waals surface area contributed by atoms with Crippen LogP contribution in [0.25, 0.3) is 10.6 Å². The van der Waals surface area contributed by atoms with E-state index in [9.17, 15) is 0 Å². The summed E-state index contributed by atoms with van der Waals surface area (Å²) in [6, 6.07) is 17.7. The van der Waals surface area contributed by atoms with Crippen LogP contribution >= 0.6 is 23.1 Å². The first-order valence-electron chi connectivity index (χ1n) is 8.99. The molecule has 0 saturated carbocycles. The van der Waals surface area contributed by atoms with E-state index in [1.54, 1.807) is 11.3 Å². The van der Waals surface area contributed by atoms with Crippen LogP contribution in [0, 0.1) is 0 Å². The first kappa shape index (κ1) is 18.0. The molecule has 1 atom stereocenters. The van der Waals surface area contributed by atoms with Gasteiger partial charge in [-0.05, 0) is 12.1 Å². The van der Waals surface area contributed by atoms with Crippen LogP contribution in [0.5, 0.6) is 11.5 Å². The van der Waals surface area contributed by atoms with E-state index in [0.717, 1.165) is 22.0 Å². The van der Waals surface area contributed by atoms with Crippen LogP contribution in [-0.2, 0) is 5.75 Å². The molecule has 0 amide bonds. The van der Waals surface area contributed by atoms with Gasteiger partial charge in [0.25, 0.3) is 0 Å². The van der Waals surface area contributed by atoms with Gasteiger partial charge in [0.05, 0.1) is 5.69 Å². The maximum absolute atomic E-state index is 6.23. The van der Waals surface area contributed by atoms with Crippen LogP contribution < -0.4 is 15.3 Å². The number of para-hydroxylation sites is 2. The SMILES string of the molecule is Nn1c(SCc2csc(-c3ccccc3)n2)nnc1C1COc2ccccc2O1. The molecule has 0 spiro atoms. The highest BCUT2D eigenvalue weighted by Crippen LogP contribution is 2.36. The van der Waals surface area contributed by atoms with Gasteiger partial charge in [-0.2, -0.15) is 0 Å². The van der Waals surface area contributed by atoms with E-state index in [1.807, 2.05) is 42.5 Å². The Morgan fingerprint density at radius 2 is 1.86 bits per heavy atom. The predicted molar refractivity (Wildman–Crippen MR) is 113 cm³/mol. The highest BCUT2D eigenvalue weighted by Gasteiger charge is 2.28. The number of nitrogen functional groups attached to an aromatic ring is 1. The molecule has 1 aliphatic rings. The second-order valence-electron chi connectivity index (χ2n) is 6.37. The van der Waals surface area contributed by atoms with Crippen molar-refractivity contribution < 1.29 is 9.47 Å². The average molecular weight is 424 g/mol. The summed E-state index contributed by atoms with van der Waals surface area (Å²) in [7, 11) is 0. The molecular weight excluding hydrogens is 406 g/mol. The monoisotopic (exact) mass is 423 g/mol. The largest absolute Gasteiger partial charge is 0.485 e. The summed E-state index contributed by atoms with van der Waals surface area (Å²) in [5.41, 5.74) is 2.10. The van der Waals surface area contributed by atoms with Crippen LogP contribution in [0.3, 0.4) is 0 Å². The smallest absolute Gasteiger partial charge is 0.210 e. The van der Waals surface area contributed by atoms with Gasteiger partial charge in [0, 0.05) is 16.7 Å². The van der Waals surface area contributed by atoms with Gasteiger partial charge >= 0.3 is 0 Å². The second kappa shape index (κ2) is 7.76. The molecule has 0 saturated heterocycles. The van der Waals surface area contributed by atoms with Crippen molar-refractivity contribution in [2.24, 2.45) is 0 Å². The molecule has 0 radical (unpaired) electrons. The fourth-order valence-electron chi connectivity index (χ4n) is 2.98. The van der Waals surface area contributed by atoms with Gasteiger partial charge in [0.1, 0.15) is 11.6 Å². The molecule has 1 unspecified atom stereocenters. The Bertz CT molecular complexity index is 1130. The number of thiazole rings is 1. The predicted octanol–water partition coefficient (Wildman–Crippen LogP) is 3.92. The van der Waals surface area contributed by atoms with Crippen molar-refractivity contribution in [2.75, 3.05) is 12.4 Å². The number of ether oxygens (including phenoxy) is 2. The molecule has 3 heterocycles. The van der Waals surface area contributed by atoms with E-state index < -0.39 is 6.10 Å². The highest BCUT2D eigenvalue weighted by atomic mass is 32.2. The molecule has 146 valence electrons. The lowest BCUT2D eigenvalue weighted by Gasteiger charge is -2.25. The summed E-state index contributed by atoms with van der Waals surface area (Å²) in [4.78, 5) is 4.70. The summed E-state index contributed by atoms with van der Waals surface area (Å²) in [6.45, 7) is 0.337. The highest BCUT2D eigenvalue weighted by molar-refractivity contribution is 7.98. The number of nitrogens with two attached hydrogens (primary N) is 1. The maximum Gasteiger partial charge on any atom is 0.210 e. The lowest BCUT2D eigenvalue weighted by Crippen LogP contribution is -2.27. The molecule has 0 bridgehead atoms. The third-order valence-electron chi connectivity index (χ3n) is 4.41. The summed E-state index contributed by atoms with van der Waals surface area (Å²) < 4.78 is 13.2. The first-order valence-corrected chi connectivity index (χ1v) is 10.9. The van der Waals surface area contributed by atoms with Crippen molar-refractivity contribution in [3.8, 4) is 22.1 Å². The Hall–Kier alpha value is -3.04. The van der Waals surface area contributed by atoms with Crippen molar-refractivity contribution >= 4 is 23.1 Å². The van der Waals surface area contributed by atoms with Crippen molar-refractivity contribution in [3.63, 3.8) is 0 Å². The minimum atomic E-state index is -0.402. The summed E-state index contributed by atoms with van der Waals surface area (Å²) in [5, 5.41) is 12.1. The Morgan fingerprint density at radius 3 is 2.72 bits per heavy atom. The molecule has 2 N–H and O–H groups in total. The number of hydrogen-bond donors (Lipinski definition) is 1. The Labute approximate surface area is 175 Å². The van der Waals surface area contributed by atoms with Crippen molar-refractivity contribution in [3.05, 3.63) is 71.5 Å². The van der Waals surface area contributed by atoms with E-state index >= 15 is 0 Å². The van der Waals surface area contributed by atoms with Gasteiger partial charge in [-0.3, -0.25) is 0 Å². The normalized spacial score (nSPS) is 15.4. The molecule has 0 fully saturated rings. The number of hydrogen-bond acceptors (Lipinski definition) is 8. The number of aromatic nitrogens is 4. The number of nitrogens with zero attached hydrogens (tertiary/aromatic N) is 4. The van der Waals surface area contributed by atoms with E-state index in [4.69, 9.17) is 20.3 Å². The molecule has 5 rings (SSSR count). The summed E-state index contributed by atoms with van der Waals surface area (Å²) >= 11 is 3.12. The van der Waals surface area contributed by atoms with E-state index in [-0.39, 0.29) is 0 Å². The molecule has 0 aliphatic carbocycles. The topological polar surface area (TPSA) is 88.1 Å². The molecular formula is C20H17N5O2S2. The number of fused-ring (bicyclic) bond motifs is 1. The average Bonchev–Trinajstić information content (AvgIpc) is 3.39. The second-order valence-corrected chi connectivity index (χ2v) is 8.17. The lowest BCUT2D eigenvalue weighted by atomic mass is 10.2. The van der Waals surface area contributed by atoms with Crippen LogP contribution in [-0.4, -0.2) is 26.5 Å². The van der Waals surface area contributed by atoms with Gasteiger partial charge < -0.3 is 15.3 Å². The lowest BCUT2D eigenvalue weighted by molar-refractivity contribution is 0.0830. The minimum Gasteiger partial charge on any atom is -0.485 e. The molecule has 7 nitrogen and oxygen atoms in total. The van der Waals surface area contributed by atoms with Gasteiger partial charge in [0.2, 0.25) is 5.16 Å². The fraction of sp³-hybridized carbons (Fsp3) is 0.150. The Kier molecular flexibility index (Phi) is 4.82. The van der Waals surface area contributed by atoms with Crippen LogP contribution in [0.15, 0.2) is 65.1 Å². The van der Waals surface area contributed by atoms with Gasteiger partial charge in [-0.1, -0.05) is 54.2 Å². The summed E-state index contributed by atoms with van der Waals surface area (Å²) in [5.74, 6) is 8.82. The first-order chi connectivity index (χ1) is 14.3. The maximum atomic E-state index is 6.23. The zero-order chi connectivity index (χ0) is 19.6. The summed E-state index contributed by atoms with van der Waals surface area (Å²) in [6.07, 6.45) is -0.402. The van der Waals surface area contributed by atoms with Crippen molar-refractivity contribution in [1.29, 1.82) is 0 Å². The van der Waals surface area contributed by atoms with E-state index in [1.165, 1.54) is 16.4 Å². The fourth-order valence-corrected chi connectivity index (χ4v) is 4.67. The minimum absolute atomic E-state index is 0.337. The number of benzene rings is 2. The van der Waals surface area contributed by atoms with Crippen LogP contribution in [0.2, 0.25) is 0 Å². The van der Waals surface area contributed by atoms with E-state index in [2.05, 4.69) is 27.7 Å². The Morgan fingerprint density at radius 1 is 1.07 bits per heavy atom. The standard InChI is InChI=1S/C20H17N5O2S2/c21-25-18(17-10-26-15-8-4-5-9-16(15)27-17)23-24-20(25)29-12-14-11-28-19(22-14)13-6-2-1-3-7-13/h1-9,11,17H,10,12,21H2. The van der Waals surface area contributed by atoms with Crippen LogP contribution in [0.4, 0.5) is 0 Å². The molecule has 9 heteroatoms. The molecule has 29 heavy (non-hydrogen) atoms. The third kappa shape index (κ3) is 3.66. The van der Waals surface area contributed by atoms with E-state index in [0.29, 0.717) is 29.1 Å². The Balaban J connectivity index is 1.27. The van der Waals surface area contributed by atoms with Crippen molar-refractivity contribution in [1.82, 2.24) is 19.9 Å². The van der Waals surface area contributed by atoms with Gasteiger partial charge in [-0.25, -0.2) is 9.66 Å². The number of thioether (sulfide) groups is 1. The van der Waals surface area contributed by atoms with Crippen LogP contribution in [0.1, 0.15) is 17.6 Å². The third-order valence-corrected chi connectivity index (χ3v) is 6.33. The zero-order valence-electron chi connectivity index (χ0n) is 15.3. The number of rotatable bonds is 5. The van der Waals surface area contributed by atoms with Gasteiger partial charge in [0.15, 0.2) is 23.4 Å².